The van der Waals surface area contributed by atoms with E-state index < -0.39 is 18.0 Å². The predicted octanol–water partition coefficient (Wildman–Crippen LogP) is 6.28. The minimum absolute atomic E-state index is 0.0860. The Kier molecular flexibility index (Phi) is 8.85. The number of aromatic nitrogens is 2. The van der Waals surface area contributed by atoms with E-state index in [0.29, 0.717) is 10.7 Å². The zero-order valence-electron chi connectivity index (χ0n) is 23.2. The molecule has 3 aromatic carbocycles. The number of methoxy groups -OCH3 is 1. The van der Waals surface area contributed by atoms with E-state index in [2.05, 4.69) is 11.9 Å². The summed E-state index contributed by atoms with van der Waals surface area (Å²) in [5.41, 5.74) is 5.30. The van der Waals surface area contributed by atoms with Gasteiger partial charge in [0.2, 0.25) is 0 Å². The molecule has 5 rings (SSSR count). The summed E-state index contributed by atoms with van der Waals surface area (Å²) in [6.45, 7) is 2.21. The number of nitrogens with zero attached hydrogens (tertiary/aromatic N) is 3. The molecule has 1 N–H and O–H groups in total. The van der Waals surface area contributed by atoms with Crippen LogP contribution in [0.4, 0.5) is 0 Å². The average Bonchev–Trinajstić information content (AvgIpc) is 3.45. The first-order chi connectivity index (χ1) is 20.3. The van der Waals surface area contributed by atoms with Crippen LogP contribution >= 0.6 is 11.6 Å². The lowest BCUT2D eigenvalue weighted by Gasteiger charge is -2.28. The summed E-state index contributed by atoms with van der Waals surface area (Å²) in [5, 5.41) is 11.7. The Morgan fingerprint density at radius 3 is 2.26 bits per heavy atom. The van der Waals surface area contributed by atoms with Gasteiger partial charge in [-0.05, 0) is 70.6 Å². The molecule has 2 heterocycles. The number of ether oxygens (including phenoxy) is 1. The molecule has 0 radical (unpaired) electrons. The number of halogens is 1. The van der Waals surface area contributed by atoms with Crippen molar-refractivity contribution in [3.63, 3.8) is 0 Å². The van der Waals surface area contributed by atoms with E-state index in [0.717, 1.165) is 28.7 Å². The molecule has 2 aromatic heterocycles. The zero-order valence-corrected chi connectivity index (χ0v) is 24.0. The summed E-state index contributed by atoms with van der Waals surface area (Å²) in [7, 11) is 1.29. The monoisotopic (exact) mass is 583 g/mol. The third kappa shape index (κ3) is 6.79. The fraction of sp³-hybridized carbons (Fsp3) is 0.182. The number of carbonyl (C=O) groups excluding carboxylic acids is 2. The quantitative estimate of drug-likeness (QED) is 0.153. The minimum Gasteiger partial charge on any atom is -0.508 e. The fourth-order valence-electron chi connectivity index (χ4n) is 4.62. The van der Waals surface area contributed by atoms with Crippen LogP contribution in [-0.4, -0.2) is 44.6 Å². The Bertz CT molecular complexity index is 1680. The molecule has 214 valence electrons. The molecule has 0 aliphatic rings. The van der Waals surface area contributed by atoms with Gasteiger partial charge >= 0.3 is 11.9 Å². The van der Waals surface area contributed by atoms with Gasteiger partial charge in [-0.25, -0.2) is 9.78 Å². The zero-order chi connectivity index (χ0) is 29.6. The van der Waals surface area contributed by atoms with Gasteiger partial charge in [-0.15, -0.1) is 5.06 Å². The maximum Gasteiger partial charge on any atom is 0.377 e. The number of phenols is 1. The van der Waals surface area contributed by atoms with E-state index in [-0.39, 0.29) is 24.4 Å². The Morgan fingerprint density at radius 1 is 0.929 bits per heavy atom. The largest absolute Gasteiger partial charge is 0.508 e. The second-order valence-corrected chi connectivity index (χ2v) is 10.3. The smallest absolute Gasteiger partial charge is 0.377 e. The summed E-state index contributed by atoms with van der Waals surface area (Å²) >= 11 is 6.03. The molecule has 0 saturated heterocycles. The van der Waals surface area contributed by atoms with E-state index >= 15 is 0 Å². The highest BCUT2D eigenvalue weighted by Crippen LogP contribution is 2.24. The molecule has 8 nitrogen and oxygen atoms in total. The van der Waals surface area contributed by atoms with Crippen molar-refractivity contribution in [2.75, 3.05) is 7.11 Å². The Balaban J connectivity index is 1.44. The van der Waals surface area contributed by atoms with Crippen LogP contribution in [0.2, 0.25) is 5.02 Å². The fourth-order valence-corrected chi connectivity index (χ4v) is 4.74. The molecule has 0 aliphatic carbocycles. The molecular formula is C33H30ClN3O5. The number of pyridine rings is 1. The number of benzene rings is 3. The van der Waals surface area contributed by atoms with Gasteiger partial charge in [-0.1, -0.05) is 67.1 Å². The number of hydrogen-bond donors (Lipinski definition) is 1. The summed E-state index contributed by atoms with van der Waals surface area (Å²) < 4.78 is 6.85. The van der Waals surface area contributed by atoms with Gasteiger partial charge in [0.25, 0.3) is 0 Å². The number of hydrogen-bond acceptors (Lipinski definition) is 7. The lowest BCUT2D eigenvalue weighted by molar-refractivity contribution is -0.177. The number of phenolic OH excluding ortho intramolecular Hbond substituents is 1. The number of esters is 1. The van der Waals surface area contributed by atoms with Gasteiger partial charge in [0.1, 0.15) is 17.4 Å². The lowest BCUT2D eigenvalue weighted by atomic mass is 10.0. The van der Waals surface area contributed by atoms with E-state index in [1.165, 1.54) is 17.7 Å². The standard InChI is InChI=1S/C33H30ClN3O5/c1-3-22-4-6-24(7-5-22)20-37(30(33(40)41-2)18-23-8-14-28(38)15-9-23)42-32(39)29-21-36-17-16-26(19-31(36)35-29)25-10-12-27(34)13-11-25/h4-17,19,21,30,38H,3,18,20H2,1-2H3/t30-/m0/s1. The van der Waals surface area contributed by atoms with Crippen LogP contribution in [0.1, 0.15) is 34.1 Å². The van der Waals surface area contributed by atoms with Crippen molar-refractivity contribution < 1.29 is 24.3 Å². The van der Waals surface area contributed by atoms with Crippen LogP contribution in [0, 0.1) is 0 Å². The van der Waals surface area contributed by atoms with Crippen molar-refractivity contribution >= 4 is 29.2 Å². The van der Waals surface area contributed by atoms with E-state index in [1.807, 2.05) is 66.9 Å². The topological polar surface area (TPSA) is 93.4 Å². The third-order valence-corrected chi connectivity index (χ3v) is 7.25. The molecule has 0 fully saturated rings. The maximum absolute atomic E-state index is 13.5. The highest BCUT2D eigenvalue weighted by atomic mass is 35.5. The number of carbonyl (C=O) groups is 2. The number of hydroxylamine groups is 2. The highest BCUT2D eigenvalue weighted by molar-refractivity contribution is 6.30. The van der Waals surface area contributed by atoms with Crippen LogP contribution in [0.15, 0.2) is 97.3 Å². The van der Waals surface area contributed by atoms with Gasteiger partial charge in [-0.3, -0.25) is 4.79 Å². The summed E-state index contributed by atoms with van der Waals surface area (Å²) in [6.07, 6.45) is 4.48. The Hall–Kier alpha value is -4.66. The number of aryl methyl sites for hydroxylation is 1. The van der Waals surface area contributed by atoms with E-state index in [4.69, 9.17) is 21.2 Å². The molecule has 0 aliphatic heterocycles. The second kappa shape index (κ2) is 12.9. The normalized spacial score (nSPS) is 11.9. The summed E-state index contributed by atoms with van der Waals surface area (Å²) in [5.74, 6) is -1.17. The molecule has 5 aromatic rings. The van der Waals surface area contributed by atoms with Crippen molar-refractivity contribution in [1.82, 2.24) is 14.4 Å². The van der Waals surface area contributed by atoms with Crippen LogP contribution in [0.25, 0.3) is 16.8 Å². The summed E-state index contributed by atoms with van der Waals surface area (Å²) in [6, 6.07) is 24.7. The molecule has 9 heteroatoms. The van der Waals surface area contributed by atoms with E-state index in [9.17, 15) is 14.7 Å². The first kappa shape index (κ1) is 28.9. The van der Waals surface area contributed by atoms with Crippen molar-refractivity contribution in [3.05, 3.63) is 125 Å². The highest BCUT2D eigenvalue weighted by Gasteiger charge is 2.32. The lowest BCUT2D eigenvalue weighted by Crippen LogP contribution is -2.44. The van der Waals surface area contributed by atoms with Gasteiger partial charge in [0, 0.05) is 23.8 Å². The molecular weight excluding hydrogens is 554 g/mol. The molecule has 1 atom stereocenters. The predicted molar refractivity (Wildman–Crippen MR) is 160 cm³/mol. The van der Waals surface area contributed by atoms with Crippen LogP contribution in [0.3, 0.4) is 0 Å². The summed E-state index contributed by atoms with van der Waals surface area (Å²) in [4.78, 5) is 36.9. The Morgan fingerprint density at radius 2 is 1.60 bits per heavy atom. The van der Waals surface area contributed by atoms with Gasteiger partial charge in [-0.2, -0.15) is 0 Å². The van der Waals surface area contributed by atoms with E-state index in [1.54, 1.807) is 34.9 Å². The average molecular weight is 584 g/mol. The molecule has 0 amide bonds. The molecule has 0 spiro atoms. The Labute approximate surface area is 248 Å². The van der Waals surface area contributed by atoms with Crippen LogP contribution in [0.5, 0.6) is 5.75 Å². The van der Waals surface area contributed by atoms with Crippen molar-refractivity contribution in [3.8, 4) is 16.9 Å². The third-order valence-electron chi connectivity index (χ3n) is 7.00. The van der Waals surface area contributed by atoms with Gasteiger partial charge in [0.05, 0.1) is 13.7 Å². The molecule has 0 saturated carbocycles. The van der Waals surface area contributed by atoms with Crippen molar-refractivity contribution in [1.29, 1.82) is 0 Å². The first-order valence-corrected chi connectivity index (χ1v) is 13.9. The molecule has 42 heavy (non-hydrogen) atoms. The number of imidazole rings is 1. The number of aromatic hydroxyl groups is 1. The van der Waals surface area contributed by atoms with Crippen LogP contribution < -0.4 is 0 Å². The SMILES string of the molecule is CCc1ccc(CN(OC(=O)c2cn3ccc(-c4ccc(Cl)cc4)cc3n2)[C@@H](Cc2ccc(O)cc2)C(=O)OC)cc1. The first-order valence-electron chi connectivity index (χ1n) is 13.5. The van der Waals surface area contributed by atoms with Crippen LogP contribution in [-0.2, 0) is 33.8 Å². The van der Waals surface area contributed by atoms with Crippen molar-refractivity contribution in [2.24, 2.45) is 0 Å². The number of rotatable bonds is 10. The maximum atomic E-state index is 13.5. The van der Waals surface area contributed by atoms with Crippen molar-refractivity contribution in [2.45, 2.75) is 32.4 Å². The van der Waals surface area contributed by atoms with Gasteiger partial charge in [0.15, 0.2) is 5.69 Å². The van der Waals surface area contributed by atoms with Gasteiger partial charge < -0.3 is 19.1 Å². The molecule has 0 bridgehead atoms. The number of fused-ring (bicyclic) bond motifs is 1. The molecule has 0 unspecified atom stereocenters. The second-order valence-electron chi connectivity index (χ2n) is 9.85. The minimum atomic E-state index is -0.956.